The topological polar surface area (TPSA) is 46.3 Å². The van der Waals surface area contributed by atoms with Crippen LogP contribution in [0.2, 0.25) is 0 Å². The van der Waals surface area contributed by atoms with Crippen molar-refractivity contribution in [3.63, 3.8) is 0 Å². The zero-order valence-corrected chi connectivity index (χ0v) is 9.86. The summed E-state index contributed by atoms with van der Waals surface area (Å²) < 4.78 is 0. The summed E-state index contributed by atoms with van der Waals surface area (Å²) in [6.45, 7) is 4.02. The highest BCUT2D eigenvalue weighted by molar-refractivity contribution is 5.76. The largest absolute Gasteiger partial charge is 0.339 e. The molecular formula is C13H20N2O. The molecule has 0 spiro atoms. The summed E-state index contributed by atoms with van der Waals surface area (Å²) >= 11 is 0. The SMILES string of the molecule is CCN(Cc1ccccc1)C(=O)CCCN. The normalized spacial score (nSPS) is 10.1. The van der Waals surface area contributed by atoms with E-state index in [9.17, 15) is 4.79 Å². The van der Waals surface area contributed by atoms with Gasteiger partial charge in [-0.25, -0.2) is 0 Å². The van der Waals surface area contributed by atoms with Gasteiger partial charge in [-0.2, -0.15) is 0 Å². The molecule has 0 heterocycles. The minimum absolute atomic E-state index is 0.191. The third-order valence-electron chi connectivity index (χ3n) is 2.55. The van der Waals surface area contributed by atoms with Crippen LogP contribution in [0.15, 0.2) is 30.3 Å². The highest BCUT2D eigenvalue weighted by atomic mass is 16.2. The van der Waals surface area contributed by atoms with E-state index in [0.717, 1.165) is 13.0 Å². The molecule has 3 nitrogen and oxygen atoms in total. The molecule has 16 heavy (non-hydrogen) atoms. The Morgan fingerprint density at radius 1 is 1.31 bits per heavy atom. The van der Waals surface area contributed by atoms with Gasteiger partial charge in [-0.1, -0.05) is 30.3 Å². The molecule has 0 aliphatic heterocycles. The predicted octanol–water partition coefficient (Wildman–Crippen LogP) is 1.77. The number of nitrogens with zero attached hydrogens (tertiary/aromatic N) is 1. The molecule has 0 saturated heterocycles. The van der Waals surface area contributed by atoms with Crippen LogP contribution in [0.3, 0.4) is 0 Å². The standard InChI is InChI=1S/C13H20N2O/c1-2-15(13(16)9-6-10-14)11-12-7-4-3-5-8-12/h3-5,7-8H,2,6,9-11,14H2,1H3. The molecule has 0 aliphatic carbocycles. The number of nitrogens with two attached hydrogens (primary N) is 1. The molecular weight excluding hydrogens is 200 g/mol. The zero-order chi connectivity index (χ0) is 11.8. The summed E-state index contributed by atoms with van der Waals surface area (Å²) in [4.78, 5) is 13.7. The molecule has 1 rings (SSSR count). The number of hydrogen-bond acceptors (Lipinski definition) is 2. The van der Waals surface area contributed by atoms with E-state index < -0.39 is 0 Å². The van der Waals surface area contributed by atoms with E-state index in [4.69, 9.17) is 5.73 Å². The van der Waals surface area contributed by atoms with Gasteiger partial charge in [0.1, 0.15) is 0 Å². The Bertz CT molecular complexity index is 311. The highest BCUT2D eigenvalue weighted by Gasteiger charge is 2.10. The third kappa shape index (κ3) is 4.03. The third-order valence-corrected chi connectivity index (χ3v) is 2.55. The van der Waals surface area contributed by atoms with Gasteiger partial charge in [-0.15, -0.1) is 0 Å². The molecule has 1 aromatic rings. The van der Waals surface area contributed by atoms with E-state index in [2.05, 4.69) is 0 Å². The lowest BCUT2D eigenvalue weighted by Crippen LogP contribution is -2.30. The second-order valence-electron chi connectivity index (χ2n) is 3.79. The van der Waals surface area contributed by atoms with Crippen molar-refractivity contribution in [3.05, 3.63) is 35.9 Å². The van der Waals surface area contributed by atoms with Crippen LogP contribution < -0.4 is 5.73 Å². The van der Waals surface area contributed by atoms with Crippen molar-refractivity contribution in [1.82, 2.24) is 4.90 Å². The van der Waals surface area contributed by atoms with E-state index in [1.54, 1.807) is 0 Å². The Morgan fingerprint density at radius 3 is 2.56 bits per heavy atom. The van der Waals surface area contributed by atoms with Gasteiger partial charge < -0.3 is 10.6 Å². The maximum absolute atomic E-state index is 11.8. The summed E-state index contributed by atoms with van der Waals surface area (Å²) in [7, 11) is 0. The van der Waals surface area contributed by atoms with Gasteiger partial charge in [0.05, 0.1) is 0 Å². The van der Waals surface area contributed by atoms with Gasteiger partial charge in [0, 0.05) is 19.5 Å². The van der Waals surface area contributed by atoms with E-state index in [1.807, 2.05) is 42.2 Å². The van der Waals surface area contributed by atoms with E-state index in [0.29, 0.717) is 19.5 Å². The predicted molar refractivity (Wildman–Crippen MR) is 65.8 cm³/mol. The molecule has 0 fully saturated rings. The minimum atomic E-state index is 0.191. The van der Waals surface area contributed by atoms with Crippen molar-refractivity contribution in [1.29, 1.82) is 0 Å². The quantitative estimate of drug-likeness (QED) is 0.794. The first-order chi connectivity index (χ1) is 7.77. The second kappa shape index (κ2) is 7.01. The molecule has 3 heteroatoms. The number of hydrogen-bond donors (Lipinski definition) is 1. The lowest BCUT2D eigenvalue weighted by Gasteiger charge is -2.20. The fourth-order valence-corrected chi connectivity index (χ4v) is 1.59. The summed E-state index contributed by atoms with van der Waals surface area (Å²) in [5.74, 6) is 0.191. The van der Waals surface area contributed by atoms with Crippen LogP contribution >= 0.6 is 0 Å². The number of benzene rings is 1. The lowest BCUT2D eigenvalue weighted by atomic mass is 10.2. The zero-order valence-electron chi connectivity index (χ0n) is 9.86. The molecule has 0 atom stereocenters. The van der Waals surface area contributed by atoms with Gasteiger partial charge in [0.2, 0.25) is 5.91 Å². The Morgan fingerprint density at radius 2 is 2.00 bits per heavy atom. The van der Waals surface area contributed by atoms with E-state index >= 15 is 0 Å². The van der Waals surface area contributed by atoms with Crippen LogP contribution in [0, 0.1) is 0 Å². The maximum atomic E-state index is 11.8. The van der Waals surface area contributed by atoms with Crippen LogP contribution in [-0.2, 0) is 11.3 Å². The number of rotatable bonds is 6. The molecule has 2 N–H and O–H groups in total. The molecule has 88 valence electrons. The van der Waals surface area contributed by atoms with Crippen molar-refractivity contribution < 1.29 is 4.79 Å². The molecule has 0 aliphatic rings. The van der Waals surface area contributed by atoms with Gasteiger partial charge >= 0.3 is 0 Å². The summed E-state index contributed by atoms with van der Waals surface area (Å²) in [5, 5.41) is 0. The Hall–Kier alpha value is -1.35. The lowest BCUT2D eigenvalue weighted by molar-refractivity contribution is -0.131. The highest BCUT2D eigenvalue weighted by Crippen LogP contribution is 2.06. The number of amides is 1. The smallest absolute Gasteiger partial charge is 0.222 e. The van der Waals surface area contributed by atoms with Crippen LogP contribution in [0.1, 0.15) is 25.3 Å². The van der Waals surface area contributed by atoms with Gasteiger partial charge in [-0.3, -0.25) is 4.79 Å². The second-order valence-corrected chi connectivity index (χ2v) is 3.79. The van der Waals surface area contributed by atoms with E-state index in [1.165, 1.54) is 5.56 Å². The van der Waals surface area contributed by atoms with Gasteiger partial charge in [-0.05, 0) is 25.5 Å². The Labute approximate surface area is 97.2 Å². The van der Waals surface area contributed by atoms with Crippen molar-refractivity contribution in [2.45, 2.75) is 26.3 Å². The van der Waals surface area contributed by atoms with Crippen molar-refractivity contribution in [2.24, 2.45) is 5.73 Å². The summed E-state index contributed by atoms with van der Waals surface area (Å²) in [6.07, 6.45) is 1.32. The first kappa shape index (κ1) is 12.7. The van der Waals surface area contributed by atoms with Gasteiger partial charge in [0.25, 0.3) is 0 Å². The molecule has 1 amide bonds. The average molecular weight is 220 g/mol. The molecule has 0 radical (unpaired) electrons. The van der Waals surface area contributed by atoms with Crippen molar-refractivity contribution in [2.75, 3.05) is 13.1 Å². The molecule has 0 saturated carbocycles. The monoisotopic (exact) mass is 220 g/mol. The molecule has 0 bridgehead atoms. The van der Waals surface area contributed by atoms with Crippen LogP contribution in [-0.4, -0.2) is 23.9 Å². The number of carbonyl (C=O) groups excluding carboxylic acids is 1. The fraction of sp³-hybridized carbons (Fsp3) is 0.462. The first-order valence-corrected chi connectivity index (χ1v) is 5.79. The van der Waals surface area contributed by atoms with Crippen LogP contribution in [0.4, 0.5) is 0 Å². The average Bonchev–Trinajstić information content (AvgIpc) is 2.34. The Kier molecular flexibility index (Phi) is 5.57. The molecule has 1 aromatic carbocycles. The van der Waals surface area contributed by atoms with Crippen LogP contribution in [0.5, 0.6) is 0 Å². The summed E-state index contributed by atoms with van der Waals surface area (Å²) in [6, 6.07) is 10.1. The maximum Gasteiger partial charge on any atom is 0.222 e. The van der Waals surface area contributed by atoms with Crippen LogP contribution in [0.25, 0.3) is 0 Å². The first-order valence-electron chi connectivity index (χ1n) is 5.79. The van der Waals surface area contributed by atoms with Gasteiger partial charge in [0.15, 0.2) is 0 Å². The Balaban J connectivity index is 2.52. The van der Waals surface area contributed by atoms with E-state index in [-0.39, 0.29) is 5.91 Å². The molecule has 0 unspecified atom stereocenters. The molecule has 0 aromatic heterocycles. The minimum Gasteiger partial charge on any atom is -0.339 e. The summed E-state index contributed by atoms with van der Waals surface area (Å²) in [5.41, 5.74) is 6.57. The fourth-order valence-electron chi connectivity index (χ4n) is 1.59. The van der Waals surface area contributed by atoms with Crippen molar-refractivity contribution in [3.8, 4) is 0 Å². The number of carbonyl (C=O) groups is 1. The van der Waals surface area contributed by atoms with Crippen molar-refractivity contribution >= 4 is 5.91 Å².